The predicted octanol–water partition coefficient (Wildman–Crippen LogP) is 5.05. The van der Waals surface area contributed by atoms with Gasteiger partial charge in [-0.15, -0.1) is 0 Å². The molecular weight excluding hydrogens is 370 g/mol. The van der Waals surface area contributed by atoms with Gasteiger partial charge in [-0.1, -0.05) is 48.0 Å². The zero-order valence-electron chi connectivity index (χ0n) is 15.2. The van der Waals surface area contributed by atoms with Crippen molar-refractivity contribution in [2.45, 2.75) is 18.9 Å². The number of H-pyrrole nitrogens is 1. The first-order valence-electron chi connectivity index (χ1n) is 9.19. The minimum atomic E-state index is -0.0721. The van der Waals surface area contributed by atoms with Crippen molar-refractivity contribution >= 4 is 28.4 Å². The lowest BCUT2D eigenvalue weighted by Crippen LogP contribution is -2.25. The average Bonchev–Trinajstić information content (AvgIpc) is 3.16. The monoisotopic (exact) mass is 389 g/mol. The summed E-state index contributed by atoms with van der Waals surface area (Å²) in [6.45, 7) is 0.418. The molecule has 2 heterocycles. The van der Waals surface area contributed by atoms with Gasteiger partial charge in [0.25, 0.3) is 0 Å². The van der Waals surface area contributed by atoms with Crippen LogP contribution in [0.15, 0.2) is 79.1 Å². The molecule has 0 saturated carbocycles. The second-order valence-electron chi connectivity index (χ2n) is 6.70. The summed E-state index contributed by atoms with van der Waals surface area (Å²) in [7, 11) is 0. The van der Waals surface area contributed by atoms with E-state index in [1.807, 2.05) is 66.9 Å². The highest BCUT2D eigenvalue weighted by atomic mass is 35.5. The van der Waals surface area contributed by atoms with Crippen molar-refractivity contribution in [1.82, 2.24) is 15.3 Å². The van der Waals surface area contributed by atoms with Crippen molar-refractivity contribution in [3.8, 4) is 0 Å². The van der Waals surface area contributed by atoms with Gasteiger partial charge in [-0.2, -0.15) is 0 Å². The number of aromatic amines is 1. The number of nitrogens with one attached hydrogen (secondary N) is 2. The van der Waals surface area contributed by atoms with Crippen LogP contribution in [0.25, 0.3) is 10.9 Å². The Morgan fingerprint density at radius 2 is 1.82 bits per heavy atom. The lowest BCUT2D eigenvalue weighted by molar-refractivity contribution is -0.121. The van der Waals surface area contributed by atoms with Crippen LogP contribution in [0.4, 0.5) is 0 Å². The molecule has 0 unspecified atom stereocenters. The van der Waals surface area contributed by atoms with Gasteiger partial charge in [0.1, 0.15) is 0 Å². The smallest absolute Gasteiger partial charge is 0.221 e. The number of amides is 1. The van der Waals surface area contributed by atoms with Crippen LogP contribution in [-0.4, -0.2) is 15.9 Å². The molecule has 2 aromatic heterocycles. The SMILES string of the molecule is O=C(C[C@H](c1ccc(Cl)cc1)c1c[nH]c2ccccc12)NCc1ccccn1. The molecule has 0 spiro atoms. The maximum Gasteiger partial charge on any atom is 0.221 e. The fourth-order valence-corrected chi connectivity index (χ4v) is 3.56. The standard InChI is InChI=1S/C23H20ClN3O/c24-17-10-8-16(9-11-17)20(21-15-26-22-7-2-1-6-19(21)22)13-23(28)27-14-18-5-3-4-12-25-18/h1-12,15,20,26H,13-14H2,(H,27,28)/t20-/m1/s1. The van der Waals surface area contributed by atoms with Crippen molar-refractivity contribution < 1.29 is 4.79 Å². The van der Waals surface area contributed by atoms with Crippen LogP contribution in [0, 0.1) is 0 Å². The number of rotatable bonds is 6. The number of fused-ring (bicyclic) bond motifs is 1. The summed E-state index contributed by atoms with van der Waals surface area (Å²) in [5.41, 5.74) is 4.06. The Morgan fingerprint density at radius 1 is 1.04 bits per heavy atom. The van der Waals surface area contributed by atoms with E-state index in [0.717, 1.165) is 27.7 Å². The third-order valence-corrected chi connectivity index (χ3v) is 5.10. The maximum atomic E-state index is 12.7. The van der Waals surface area contributed by atoms with E-state index in [9.17, 15) is 4.79 Å². The Bertz CT molecular complexity index is 1070. The number of para-hydroxylation sites is 1. The van der Waals surface area contributed by atoms with Crippen LogP contribution in [0.2, 0.25) is 5.02 Å². The second kappa shape index (κ2) is 8.28. The Kier molecular flexibility index (Phi) is 5.40. The second-order valence-corrected chi connectivity index (χ2v) is 7.13. The fraction of sp³-hybridized carbons (Fsp3) is 0.130. The van der Waals surface area contributed by atoms with Crippen molar-refractivity contribution in [2.75, 3.05) is 0 Å². The molecule has 2 aromatic carbocycles. The molecule has 140 valence electrons. The van der Waals surface area contributed by atoms with Crippen LogP contribution in [-0.2, 0) is 11.3 Å². The molecule has 28 heavy (non-hydrogen) atoms. The van der Waals surface area contributed by atoms with Crippen LogP contribution in [0.1, 0.15) is 29.2 Å². The molecule has 4 nitrogen and oxygen atoms in total. The summed E-state index contributed by atoms with van der Waals surface area (Å²) in [6.07, 6.45) is 4.07. The predicted molar refractivity (Wildman–Crippen MR) is 112 cm³/mol. The Labute approximate surface area is 168 Å². The number of hydrogen-bond acceptors (Lipinski definition) is 2. The Hall–Kier alpha value is -3.11. The van der Waals surface area contributed by atoms with Gasteiger partial charge < -0.3 is 10.3 Å². The van der Waals surface area contributed by atoms with Gasteiger partial charge in [-0.3, -0.25) is 9.78 Å². The van der Waals surface area contributed by atoms with E-state index >= 15 is 0 Å². The zero-order valence-corrected chi connectivity index (χ0v) is 16.0. The number of hydrogen-bond donors (Lipinski definition) is 2. The zero-order chi connectivity index (χ0) is 19.3. The van der Waals surface area contributed by atoms with Crippen LogP contribution in [0.3, 0.4) is 0 Å². The lowest BCUT2D eigenvalue weighted by Gasteiger charge is -2.17. The number of benzene rings is 2. The fourth-order valence-electron chi connectivity index (χ4n) is 3.43. The highest BCUT2D eigenvalue weighted by Gasteiger charge is 2.21. The first kappa shape index (κ1) is 18.3. The van der Waals surface area contributed by atoms with E-state index in [-0.39, 0.29) is 11.8 Å². The summed E-state index contributed by atoms with van der Waals surface area (Å²) in [5.74, 6) is -0.0898. The van der Waals surface area contributed by atoms with E-state index < -0.39 is 0 Å². The quantitative estimate of drug-likeness (QED) is 0.484. The summed E-state index contributed by atoms with van der Waals surface area (Å²) in [4.78, 5) is 20.3. The minimum absolute atomic E-state index is 0.0177. The molecule has 5 heteroatoms. The summed E-state index contributed by atoms with van der Waals surface area (Å²) < 4.78 is 0. The summed E-state index contributed by atoms with van der Waals surface area (Å²) in [6, 6.07) is 21.5. The number of carbonyl (C=O) groups excluding carboxylic acids is 1. The van der Waals surface area contributed by atoms with Crippen LogP contribution >= 0.6 is 11.6 Å². The molecule has 0 saturated heterocycles. The highest BCUT2D eigenvalue weighted by Crippen LogP contribution is 2.33. The number of nitrogens with zero attached hydrogens (tertiary/aromatic N) is 1. The van der Waals surface area contributed by atoms with Crippen molar-refractivity contribution in [2.24, 2.45) is 0 Å². The number of pyridine rings is 1. The molecule has 0 aliphatic heterocycles. The lowest BCUT2D eigenvalue weighted by atomic mass is 9.88. The molecule has 1 amide bonds. The normalized spacial score (nSPS) is 12.0. The van der Waals surface area contributed by atoms with Crippen molar-refractivity contribution in [1.29, 1.82) is 0 Å². The number of aromatic nitrogens is 2. The van der Waals surface area contributed by atoms with Gasteiger partial charge >= 0.3 is 0 Å². The van der Waals surface area contributed by atoms with Gasteiger partial charge in [0, 0.05) is 40.7 Å². The van der Waals surface area contributed by atoms with Gasteiger partial charge in [-0.25, -0.2) is 0 Å². The summed E-state index contributed by atoms with van der Waals surface area (Å²) >= 11 is 6.07. The van der Waals surface area contributed by atoms with E-state index in [4.69, 9.17) is 11.6 Å². The van der Waals surface area contributed by atoms with Gasteiger partial charge in [-0.05, 0) is 41.5 Å². The van der Waals surface area contributed by atoms with E-state index in [1.54, 1.807) is 6.20 Å². The highest BCUT2D eigenvalue weighted by molar-refractivity contribution is 6.30. The Morgan fingerprint density at radius 3 is 2.61 bits per heavy atom. The van der Waals surface area contributed by atoms with E-state index in [0.29, 0.717) is 18.0 Å². The molecule has 4 aromatic rings. The molecule has 2 N–H and O–H groups in total. The van der Waals surface area contributed by atoms with E-state index in [2.05, 4.69) is 21.4 Å². The molecule has 0 radical (unpaired) electrons. The molecule has 0 fully saturated rings. The molecule has 0 aliphatic carbocycles. The Balaban J connectivity index is 1.60. The van der Waals surface area contributed by atoms with Crippen LogP contribution < -0.4 is 5.32 Å². The molecule has 0 bridgehead atoms. The van der Waals surface area contributed by atoms with Gasteiger partial charge in [0.2, 0.25) is 5.91 Å². The number of halogens is 1. The van der Waals surface area contributed by atoms with Gasteiger partial charge in [0.15, 0.2) is 0 Å². The van der Waals surface area contributed by atoms with Crippen molar-refractivity contribution in [3.63, 3.8) is 0 Å². The molecule has 4 rings (SSSR count). The topological polar surface area (TPSA) is 57.8 Å². The van der Waals surface area contributed by atoms with Crippen LogP contribution in [0.5, 0.6) is 0 Å². The third-order valence-electron chi connectivity index (χ3n) is 4.85. The first-order chi connectivity index (χ1) is 13.7. The first-order valence-corrected chi connectivity index (χ1v) is 9.56. The van der Waals surface area contributed by atoms with Crippen molar-refractivity contribution in [3.05, 3.63) is 101 Å². The minimum Gasteiger partial charge on any atom is -0.361 e. The molecule has 0 aliphatic rings. The third kappa shape index (κ3) is 4.07. The molecular formula is C23H20ClN3O. The summed E-state index contributed by atoms with van der Waals surface area (Å²) in [5, 5.41) is 4.79. The van der Waals surface area contributed by atoms with E-state index in [1.165, 1.54) is 0 Å². The largest absolute Gasteiger partial charge is 0.361 e. The average molecular weight is 390 g/mol. The van der Waals surface area contributed by atoms with Gasteiger partial charge in [0.05, 0.1) is 12.2 Å². The maximum absolute atomic E-state index is 12.7. The molecule has 1 atom stereocenters. The number of carbonyl (C=O) groups is 1.